The normalized spacial score (nSPS) is 9.45. The van der Waals surface area contributed by atoms with Crippen molar-refractivity contribution in [3.05, 3.63) is 23.5 Å². The van der Waals surface area contributed by atoms with Gasteiger partial charge in [-0.25, -0.2) is 4.98 Å². The Bertz CT molecular complexity index is 406. The molecule has 0 unspecified atom stereocenters. The third kappa shape index (κ3) is 1.72. The standard InChI is InChI=1S/C5H4N4S.Y/c10-5-7-3-9-2-1-6-4(9)8-5;/h1-3H,(H,6,8,10);/q;+3/p-1. The van der Waals surface area contributed by atoms with Crippen LogP contribution in [0.3, 0.4) is 0 Å². The van der Waals surface area contributed by atoms with Crippen molar-refractivity contribution in [2.45, 2.75) is 0 Å². The van der Waals surface area contributed by atoms with Crippen LogP contribution in [0, 0.1) is 4.77 Å². The summed E-state index contributed by atoms with van der Waals surface area (Å²) in [4.78, 5) is 11.6. The summed E-state index contributed by atoms with van der Waals surface area (Å²) in [6.45, 7) is 0. The van der Waals surface area contributed by atoms with Crippen LogP contribution in [0.1, 0.15) is 0 Å². The van der Waals surface area contributed by atoms with Gasteiger partial charge in [0.15, 0.2) is 0 Å². The molecule has 6 heteroatoms. The van der Waals surface area contributed by atoms with Crippen molar-refractivity contribution in [1.29, 1.82) is 0 Å². The molecular weight excluding hydrogens is 237 g/mol. The minimum atomic E-state index is 0. The molecule has 50 valence electrons. The molecular formula is C5H3N4SY+2. The van der Waals surface area contributed by atoms with E-state index in [9.17, 15) is 0 Å². The molecule has 2 heterocycles. The summed E-state index contributed by atoms with van der Waals surface area (Å²) in [6, 6.07) is 0. The van der Waals surface area contributed by atoms with E-state index in [-0.39, 0.29) is 32.7 Å². The Hall–Kier alpha value is -0.126. The zero-order valence-corrected chi connectivity index (χ0v) is 9.16. The molecule has 0 N–H and O–H groups in total. The first-order chi connectivity index (χ1) is 4.86. The molecule has 0 amide bonds. The van der Waals surface area contributed by atoms with Gasteiger partial charge in [0.25, 0.3) is 0 Å². The molecule has 0 saturated carbocycles. The molecule has 0 aliphatic carbocycles. The van der Waals surface area contributed by atoms with Crippen LogP contribution in [0.2, 0.25) is 0 Å². The van der Waals surface area contributed by atoms with Crippen LogP contribution in [-0.2, 0) is 32.7 Å². The second-order valence-corrected chi connectivity index (χ2v) is 2.14. The van der Waals surface area contributed by atoms with E-state index in [1.165, 1.54) is 0 Å². The Kier molecular flexibility index (Phi) is 2.86. The van der Waals surface area contributed by atoms with Crippen molar-refractivity contribution in [3.8, 4) is 0 Å². The molecule has 0 fully saturated rings. The van der Waals surface area contributed by atoms with Gasteiger partial charge in [-0.15, -0.1) is 0 Å². The maximum Gasteiger partial charge on any atom is 3.00 e. The fourth-order valence-electron chi connectivity index (χ4n) is 0.708. The van der Waals surface area contributed by atoms with E-state index in [1.54, 1.807) is 23.1 Å². The van der Waals surface area contributed by atoms with Crippen LogP contribution >= 0.6 is 12.2 Å². The predicted octanol–water partition coefficient (Wildman–Crippen LogP) is 0.413. The van der Waals surface area contributed by atoms with E-state index in [4.69, 9.17) is 12.2 Å². The molecule has 0 radical (unpaired) electrons. The van der Waals surface area contributed by atoms with Crippen molar-refractivity contribution in [3.63, 3.8) is 0 Å². The fourth-order valence-corrected chi connectivity index (χ4v) is 0.837. The van der Waals surface area contributed by atoms with Gasteiger partial charge in [0.1, 0.15) is 4.77 Å². The summed E-state index contributed by atoms with van der Waals surface area (Å²) >= 11 is 4.73. The van der Waals surface area contributed by atoms with Crippen molar-refractivity contribution >= 4 is 18.0 Å². The second-order valence-electron chi connectivity index (χ2n) is 1.77. The van der Waals surface area contributed by atoms with E-state index in [1.807, 2.05) is 0 Å². The summed E-state index contributed by atoms with van der Waals surface area (Å²) in [5, 5.41) is 0. The van der Waals surface area contributed by atoms with Gasteiger partial charge in [0, 0.05) is 12.1 Å². The Morgan fingerprint density at radius 1 is 1.55 bits per heavy atom. The largest absolute Gasteiger partial charge is 3.00 e. The van der Waals surface area contributed by atoms with Crippen LogP contribution in [0.5, 0.6) is 0 Å². The Balaban J connectivity index is 0.000000605. The average molecular weight is 240 g/mol. The van der Waals surface area contributed by atoms with E-state index in [0.717, 1.165) is 0 Å². The molecule has 0 atom stereocenters. The summed E-state index contributed by atoms with van der Waals surface area (Å²) in [7, 11) is 0. The van der Waals surface area contributed by atoms with E-state index in [0.29, 0.717) is 10.5 Å². The van der Waals surface area contributed by atoms with Gasteiger partial charge in [-0.05, 0) is 12.4 Å². The molecule has 11 heavy (non-hydrogen) atoms. The smallest absolute Gasteiger partial charge is 0.367 e. The SMILES string of the molecule is S=c1ncn2cc[n-]c2n1.[Y+3]. The van der Waals surface area contributed by atoms with Gasteiger partial charge in [0.2, 0.25) is 0 Å². The molecule has 4 nitrogen and oxygen atoms in total. The van der Waals surface area contributed by atoms with Gasteiger partial charge >= 0.3 is 32.7 Å². The molecule has 0 spiro atoms. The van der Waals surface area contributed by atoms with Crippen LogP contribution in [-0.4, -0.2) is 14.4 Å². The summed E-state index contributed by atoms with van der Waals surface area (Å²) < 4.78 is 2.04. The third-order valence-electron chi connectivity index (χ3n) is 1.14. The first-order valence-electron chi connectivity index (χ1n) is 2.69. The van der Waals surface area contributed by atoms with Gasteiger partial charge in [-0.3, -0.25) is 0 Å². The first-order valence-corrected chi connectivity index (χ1v) is 3.10. The number of nitrogens with zero attached hydrogens (tertiary/aromatic N) is 4. The van der Waals surface area contributed by atoms with Crippen molar-refractivity contribution in [2.75, 3.05) is 0 Å². The number of imidazole rings is 1. The number of fused-ring (bicyclic) bond motifs is 1. The van der Waals surface area contributed by atoms with Crippen LogP contribution < -0.4 is 4.98 Å². The average Bonchev–Trinajstić information content (AvgIpc) is 2.33. The van der Waals surface area contributed by atoms with E-state index in [2.05, 4.69) is 15.0 Å². The van der Waals surface area contributed by atoms with Crippen molar-refractivity contribution < 1.29 is 32.7 Å². The maximum atomic E-state index is 4.73. The molecule has 0 aliphatic rings. The third-order valence-corrected chi connectivity index (χ3v) is 1.33. The molecule has 0 aliphatic heterocycles. The summed E-state index contributed by atoms with van der Waals surface area (Å²) in [5.74, 6) is 0.597. The zero-order valence-electron chi connectivity index (χ0n) is 5.51. The van der Waals surface area contributed by atoms with Crippen LogP contribution in [0.25, 0.3) is 5.78 Å². The van der Waals surface area contributed by atoms with Crippen LogP contribution in [0.4, 0.5) is 0 Å². The van der Waals surface area contributed by atoms with Crippen molar-refractivity contribution in [1.82, 2.24) is 19.4 Å². The van der Waals surface area contributed by atoms with E-state index >= 15 is 0 Å². The Morgan fingerprint density at radius 2 is 2.36 bits per heavy atom. The molecule has 2 aromatic heterocycles. The second kappa shape index (κ2) is 3.51. The number of rotatable bonds is 0. The van der Waals surface area contributed by atoms with Gasteiger partial charge < -0.3 is 14.4 Å². The molecule has 2 aromatic rings. The topological polar surface area (TPSA) is 44.3 Å². The molecule has 0 saturated heterocycles. The predicted molar refractivity (Wildman–Crippen MR) is 37.1 cm³/mol. The quantitative estimate of drug-likeness (QED) is 0.626. The minimum Gasteiger partial charge on any atom is -0.367 e. The molecule has 2 rings (SSSR count). The molecule has 0 aromatic carbocycles. The Morgan fingerprint density at radius 3 is 3.18 bits per heavy atom. The number of hydrogen-bond acceptors (Lipinski definition) is 3. The van der Waals surface area contributed by atoms with E-state index < -0.39 is 0 Å². The van der Waals surface area contributed by atoms with Gasteiger partial charge in [0.05, 0.1) is 0 Å². The van der Waals surface area contributed by atoms with Gasteiger partial charge in [-0.2, -0.15) is 0 Å². The van der Waals surface area contributed by atoms with Crippen LogP contribution in [0.15, 0.2) is 18.7 Å². The fraction of sp³-hybridized carbons (Fsp3) is 0. The summed E-state index contributed by atoms with van der Waals surface area (Å²) in [5.41, 5.74) is 0. The monoisotopic (exact) mass is 240 g/mol. The summed E-state index contributed by atoms with van der Waals surface area (Å²) in [6.07, 6.45) is 5.01. The number of aromatic nitrogens is 4. The number of hydrogen-bond donors (Lipinski definition) is 0. The first kappa shape index (κ1) is 8.97. The zero-order chi connectivity index (χ0) is 6.97. The minimum absolute atomic E-state index is 0. The maximum absolute atomic E-state index is 4.73. The molecule has 0 bridgehead atoms. The Labute approximate surface area is 93.0 Å². The van der Waals surface area contributed by atoms with Gasteiger partial charge in [-0.1, -0.05) is 12.2 Å². The van der Waals surface area contributed by atoms with Crippen molar-refractivity contribution in [2.24, 2.45) is 0 Å².